The third-order valence-corrected chi connectivity index (χ3v) is 0. The van der Waals surface area contributed by atoms with E-state index in [1.807, 2.05) is 0 Å². The third-order valence-electron chi connectivity index (χ3n) is 0. The fourth-order valence-corrected chi connectivity index (χ4v) is 0. The van der Waals surface area contributed by atoms with Crippen molar-refractivity contribution in [1.29, 1.82) is 0 Å². The predicted molar refractivity (Wildman–Crippen MR) is 8.92 cm³/mol. The SMILES string of the molecule is O=[S](=O)=[Co]. The zero-order chi connectivity index (χ0) is 3.58. The van der Waals surface area contributed by atoms with Gasteiger partial charge in [-0.25, -0.2) is 0 Å². The third kappa shape index (κ3) is 38.4. The Bertz CT molecular complexity index is 75.4. The molecule has 27 valence electrons. The van der Waals surface area contributed by atoms with E-state index in [0.29, 0.717) is 0 Å². The Labute approximate surface area is 31.8 Å². The molecule has 0 aliphatic rings. The molecule has 0 rings (SSSR count). The predicted octanol–water partition coefficient (Wildman–Crippen LogP) is -0.673. The Hall–Kier alpha value is 0.326. The van der Waals surface area contributed by atoms with Crippen LogP contribution in [-0.4, -0.2) is 8.42 Å². The van der Waals surface area contributed by atoms with Gasteiger partial charge in [-0.15, -0.1) is 0 Å². The van der Waals surface area contributed by atoms with E-state index in [0.717, 1.165) is 0 Å². The molecule has 0 N–H and O–H groups in total. The molecule has 0 saturated heterocycles. The van der Waals surface area contributed by atoms with E-state index < -0.39 is 8.68 Å². The molecule has 0 fully saturated rings. The first-order valence-corrected chi connectivity index (χ1v) is 2.68. The van der Waals surface area contributed by atoms with Gasteiger partial charge in [0.2, 0.25) is 0 Å². The molecule has 4 heavy (non-hydrogen) atoms. The van der Waals surface area contributed by atoms with Crippen molar-refractivity contribution in [3.05, 3.63) is 0 Å². The Morgan fingerprint density at radius 3 is 1.50 bits per heavy atom. The molecule has 0 unspecified atom stereocenters. The number of rotatable bonds is 0. The zero-order valence-electron chi connectivity index (χ0n) is 1.56. The second-order valence-corrected chi connectivity index (χ2v) is 1.58. The van der Waals surface area contributed by atoms with Gasteiger partial charge in [-0.2, -0.15) is 0 Å². The van der Waals surface area contributed by atoms with Crippen LogP contribution in [0.1, 0.15) is 0 Å². The summed E-state index contributed by atoms with van der Waals surface area (Å²) in [5, 5.41) is 0. The maximum atomic E-state index is 8.86. The van der Waals surface area contributed by atoms with Gasteiger partial charge in [0.15, 0.2) is 0 Å². The molecule has 0 heterocycles. The van der Waals surface area contributed by atoms with Gasteiger partial charge < -0.3 is 0 Å². The van der Waals surface area contributed by atoms with E-state index in [4.69, 9.17) is 8.42 Å². The van der Waals surface area contributed by atoms with Crippen molar-refractivity contribution in [3.8, 4) is 0 Å². The normalized spacial score (nSPS) is 6.25. The summed E-state index contributed by atoms with van der Waals surface area (Å²) in [5.74, 6) is 0. The molecule has 0 aliphatic carbocycles. The molecule has 0 radical (unpaired) electrons. The van der Waals surface area contributed by atoms with Crippen molar-refractivity contribution in [2.24, 2.45) is 0 Å². The first kappa shape index (κ1) is 4.33. The van der Waals surface area contributed by atoms with Crippen molar-refractivity contribution in [2.45, 2.75) is 0 Å². The fraction of sp³-hybridized carbons (Fsp3) is 0. The first-order valence-electron chi connectivity index (χ1n) is 0.469. The van der Waals surface area contributed by atoms with Gasteiger partial charge >= 0.3 is 31.2 Å². The van der Waals surface area contributed by atoms with Crippen LogP contribution in [0.25, 0.3) is 0 Å². The summed E-state index contributed by atoms with van der Waals surface area (Å²) in [6, 6.07) is 0. The average Bonchev–Trinajstić information content (AvgIpc) is 0.811. The summed E-state index contributed by atoms with van der Waals surface area (Å²) < 4.78 is 17.7. The Morgan fingerprint density at radius 1 is 1.50 bits per heavy atom. The molecule has 0 spiro atoms. The molecule has 0 aromatic carbocycles. The number of hydrogen-bond acceptors (Lipinski definition) is 2. The summed E-state index contributed by atoms with van der Waals surface area (Å²) in [7, 11) is -2.17. The van der Waals surface area contributed by atoms with Crippen LogP contribution in [0.2, 0.25) is 0 Å². The maximum absolute atomic E-state index is 8.86. The van der Waals surface area contributed by atoms with Crippen LogP contribution in [0.5, 0.6) is 0 Å². The van der Waals surface area contributed by atoms with E-state index in [1.54, 1.807) is 0 Å². The monoisotopic (exact) mass is 123 g/mol. The van der Waals surface area contributed by atoms with E-state index in [9.17, 15) is 0 Å². The van der Waals surface area contributed by atoms with Crippen LogP contribution in [0, 0.1) is 0 Å². The van der Waals surface area contributed by atoms with Gasteiger partial charge in [0.25, 0.3) is 0 Å². The summed E-state index contributed by atoms with van der Waals surface area (Å²) in [5.41, 5.74) is 0. The zero-order valence-corrected chi connectivity index (χ0v) is 3.42. The molecule has 0 atom stereocenters. The van der Waals surface area contributed by atoms with Crippen LogP contribution in [0.4, 0.5) is 0 Å². The van der Waals surface area contributed by atoms with Crippen LogP contribution in [0.3, 0.4) is 0 Å². The van der Waals surface area contributed by atoms with Gasteiger partial charge in [0, 0.05) is 0 Å². The van der Waals surface area contributed by atoms with Crippen LogP contribution in [0.15, 0.2) is 0 Å². The molecule has 2 nitrogen and oxygen atoms in total. The van der Waals surface area contributed by atoms with Crippen molar-refractivity contribution >= 4 is 8.68 Å². The molecule has 4 heteroatoms. The second kappa shape index (κ2) is 1.63. The average molecular weight is 123 g/mol. The molecule has 0 aromatic heterocycles. The Morgan fingerprint density at radius 2 is 1.50 bits per heavy atom. The molecule has 0 amide bonds. The second-order valence-electron chi connectivity index (χ2n) is 0.179. The fourth-order valence-electron chi connectivity index (χ4n) is 0. The van der Waals surface area contributed by atoms with Crippen LogP contribution < -0.4 is 0 Å². The van der Waals surface area contributed by atoms with E-state index in [-0.39, 0.29) is 0 Å². The van der Waals surface area contributed by atoms with Gasteiger partial charge in [-0.3, -0.25) is 0 Å². The summed E-state index contributed by atoms with van der Waals surface area (Å²) in [6.45, 7) is 0. The topological polar surface area (TPSA) is 34.1 Å². The minimum atomic E-state index is -2.17. The molecule has 0 aliphatic heterocycles. The Balaban J connectivity index is 4.65. The number of hydrogen-bond donors (Lipinski definition) is 0. The van der Waals surface area contributed by atoms with Crippen LogP contribution in [-0.2, 0) is 22.8 Å². The summed E-state index contributed by atoms with van der Waals surface area (Å²) in [6.07, 6.45) is 0. The molecule has 0 saturated carbocycles. The van der Waals surface area contributed by atoms with Gasteiger partial charge in [-0.05, 0) is 0 Å². The standard InChI is InChI=1S/Co.O2S/c;1-3-2. The Kier molecular flexibility index (Phi) is 1.76. The van der Waals surface area contributed by atoms with E-state index in [1.165, 1.54) is 0 Å². The summed E-state index contributed by atoms with van der Waals surface area (Å²) >= 11 is 2.92. The molecule has 0 bridgehead atoms. The van der Waals surface area contributed by atoms with Crippen molar-refractivity contribution < 1.29 is 22.5 Å². The summed E-state index contributed by atoms with van der Waals surface area (Å²) in [4.78, 5) is 0. The van der Waals surface area contributed by atoms with E-state index in [2.05, 4.69) is 14.1 Å². The van der Waals surface area contributed by atoms with Gasteiger partial charge in [0.1, 0.15) is 0 Å². The molecular weight excluding hydrogens is 123 g/mol. The van der Waals surface area contributed by atoms with Crippen molar-refractivity contribution in [2.75, 3.05) is 0 Å². The first-order chi connectivity index (χ1) is 1.73. The van der Waals surface area contributed by atoms with E-state index >= 15 is 0 Å². The van der Waals surface area contributed by atoms with Crippen LogP contribution >= 0.6 is 0 Å². The minimum absolute atomic E-state index is 2.17. The van der Waals surface area contributed by atoms with Gasteiger partial charge in [0.05, 0.1) is 0 Å². The molecule has 0 aromatic rings. The quantitative estimate of drug-likeness (QED) is 0.428. The van der Waals surface area contributed by atoms with Gasteiger partial charge in [-0.1, -0.05) is 0 Å². The van der Waals surface area contributed by atoms with Crippen molar-refractivity contribution in [3.63, 3.8) is 0 Å². The van der Waals surface area contributed by atoms with Crippen molar-refractivity contribution in [1.82, 2.24) is 0 Å². The molecular formula is CoO2S.